The topological polar surface area (TPSA) is 42.4 Å². The largest absolute Gasteiger partial charge is 0.460 e. The summed E-state index contributed by atoms with van der Waals surface area (Å²) in [6.07, 6.45) is 5.53. The second-order valence-corrected chi connectivity index (χ2v) is 4.26. The van der Waals surface area contributed by atoms with Gasteiger partial charge in [0.2, 0.25) is 0 Å². The fourth-order valence-corrected chi connectivity index (χ4v) is 2.24. The van der Waals surface area contributed by atoms with Gasteiger partial charge in [0.15, 0.2) is 0 Å². The highest BCUT2D eigenvalue weighted by molar-refractivity contribution is 5.89. The van der Waals surface area contributed by atoms with Crippen LogP contribution < -0.4 is 0 Å². The van der Waals surface area contributed by atoms with Gasteiger partial charge in [-0.05, 0) is 38.1 Å². The molecule has 2 rings (SSSR count). The van der Waals surface area contributed by atoms with Gasteiger partial charge in [0, 0.05) is 18.4 Å². The Labute approximate surface area is 102 Å². The molecule has 0 bridgehead atoms. The van der Waals surface area contributed by atoms with E-state index in [1.807, 2.05) is 0 Å². The molecule has 1 fully saturated rings. The third-order valence-electron chi connectivity index (χ3n) is 3.23. The Morgan fingerprint density at radius 3 is 3.00 bits per heavy atom. The number of likely N-dealkylation sites (tertiary alicyclic amines) is 1. The fraction of sp³-hybridized carbons (Fsp3) is 0.538. The molecule has 0 amide bonds. The Bertz CT molecular complexity index is 367. The van der Waals surface area contributed by atoms with E-state index in [1.165, 1.54) is 6.42 Å². The second kappa shape index (κ2) is 5.77. The molecular formula is C13H18N2O2. The number of carbonyl (C=O) groups is 1. The van der Waals surface area contributed by atoms with Gasteiger partial charge in [0.05, 0.1) is 5.56 Å². The number of hydrogen-bond acceptors (Lipinski definition) is 4. The molecule has 2 heterocycles. The van der Waals surface area contributed by atoms with E-state index in [2.05, 4.69) is 16.8 Å². The summed E-state index contributed by atoms with van der Waals surface area (Å²) in [6.45, 7) is 4.78. The smallest absolute Gasteiger partial charge is 0.338 e. The minimum atomic E-state index is -0.254. The molecule has 0 aromatic carbocycles. The summed E-state index contributed by atoms with van der Waals surface area (Å²) in [5, 5.41) is 0. The van der Waals surface area contributed by atoms with Crippen LogP contribution in [0.25, 0.3) is 0 Å². The number of esters is 1. The summed E-state index contributed by atoms with van der Waals surface area (Å²) in [5.74, 6) is -0.254. The van der Waals surface area contributed by atoms with Crippen molar-refractivity contribution >= 4 is 5.97 Å². The molecule has 1 aliphatic rings. The Morgan fingerprint density at radius 2 is 2.29 bits per heavy atom. The molecule has 1 aromatic heterocycles. The standard InChI is InChI=1S/C13H18N2O2/c1-2-15-9-3-4-12(15)10-17-13(16)11-5-7-14-8-6-11/h5-8,12H,2-4,9-10H2,1H3/t12-/m0/s1. The van der Waals surface area contributed by atoms with Gasteiger partial charge in [-0.1, -0.05) is 6.92 Å². The number of ether oxygens (including phenoxy) is 1. The van der Waals surface area contributed by atoms with Crippen LogP contribution in [0.3, 0.4) is 0 Å². The van der Waals surface area contributed by atoms with Gasteiger partial charge in [-0.3, -0.25) is 9.88 Å². The zero-order valence-corrected chi connectivity index (χ0v) is 10.1. The SMILES string of the molecule is CCN1CCC[C@H]1COC(=O)c1ccncc1. The maximum atomic E-state index is 11.7. The van der Waals surface area contributed by atoms with Crippen LogP contribution in [0.15, 0.2) is 24.5 Å². The fourth-order valence-electron chi connectivity index (χ4n) is 2.24. The highest BCUT2D eigenvalue weighted by atomic mass is 16.5. The van der Waals surface area contributed by atoms with Crippen LogP contribution in [0.2, 0.25) is 0 Å². The monoisotopic (exact) mass is 234 g/mol. The van der Waals surface area contributed by atoms with Gasteiger partial charge in [-0.2, -0.15) is 0 Å². The molecule has 0 spiro atoms. The predicted octanol–water partition coefficient (Wildman–Crippen LogP) is 1.72. The minimum absolute atomic E-state index is 0.254. The normalized spacial score (nSPS) is 20.4. The molecule has 0 saturated carbocycles. The molecule has 17 heavy (non-hydrogen) atoms. The first kappa shape index (κ1) is 12.0. The van der Waals surface area contributed by atoms with E-state index in [1.54, 1.807) is 24.5 Å². The van der Waals surface area contributed by atoms with E-state index >= 15 is 0 Å². The average Bonchev–Trinajstić information content (AvgIpc) is 2.84. The van der Waals surface area contributed by atoms with Crippen LogP contribution in [0, 0.1) is 0 Å². The number of carbonyl (C=O) groups excluding carboxylic acids is 1. The Kier molecular flexibility index (Phi) is 4.09. The van der Waals surface area contributed by atoms with Crippen molar-refractivity contribution in [3.63, 3.8) is 0 Å². The van der Waals surface area contributed by atoms with Crippen molar-refractivity contribution in [2.24, 2.45) is 0 Å². The van der Waals surface area contributed by atoms with Crippen molar-refractivity contribution < 1.29 is 9.53 Å². The molecule has 0 radical (unpaired) electrons. The maximum Gasteiger partial charge on any atom is 0.338 e. The van der Waals surface area contributed by atoms with Gasteiger partial charge in [-0.25, -0.2) is 4.79 Å². The lowest BCUT2D eigenvalue weighted by Gasteiger charge is -2.22. The number of hydrogen-bond donors (Lipinski definition) is 0. The number of likely N-dealkylation sites (N-methyl/N-ethyl adjacent to an activating group) is 1. The Morgan fingerprint density at radius 1 is 1.53 bits per heavy atom. The number of aromatic nitrogens is 1. The molecule has 1 saturated heterocycles. The van der Waals surface area contributed by atoms with Crippen LogP contribution in [-0.4, -0.2) is 41.6 Å². The van der Waals surface area contributed by atoms with E-state index in [-0.39, 0.29) is 5.97 Å². The molecule has 92 valence electrons. The van der Waals surface area contributed by atoms with E-state index in [4.69, 9.17) is 4.74 Å². The highest BCUT2D eigenvalue weighted by Crippen LogP contribution is 2.17. The molecule has 4 nitrogen and oxygen atoms in total. The first-order chi connectivity index (χ1) is 8.31. The van der Waals surface area contributed by atoms with Gasteiger partial charge in [0.1, 0.15) is 6.61 Å². The van der Waals surface area contributed by atoms with E-state index in [0.29, 0.717) is 18.2 Å². The lowest BCUT2D eigenvalue weighted by atomic mass is 10.2. The summed E-state index contributed by atoms with van der Waals surface area (Å²) in [6, 6.07) is 3.74. The first-order valence-corrected chi connectivity index (χ1v) is 6.12. The third kappa shape index (κ3) is 3.03. The molecule has 1 atom stereocenters. The molecule has 4 heteroatoms. The quantitative estimate of drug-likeness (QED) is 0.744. The number of nitrogens with zero attached hydrogens (tertiary/aromatic N) is 2. The minimum Gasteiger partial charge on any atom is -0.460 e. The van der Waals surface area contributed by atoms with Crippen molar-refractivity contribution in [1.82, 2.24) is 9.88 Å². The van der Waals surface area contributed by atoms with E-state index in [9.17, 15) is 4.79 Å². The Balaban J connectivity index is 1.84. The van der Waals surface area contributed by atoms with Crippen LogP contribution >= 0.6 is 0 Å². The second-order valence-electron chi connectivity index (χ2n) is 4.26. The van der Waals surface area contributed by atoms with Crippen LogP contribution in [0.1, 0.15) is 30.1 Å². The molecular weight excluding hydrogens is 216 g/mol. The van der Waals surface area contributed by atoms with Crippen molar-refractivity contribution in [3.8, 4) is 0 Å². The van der Waals surface area contributed by atoms with Crippen LogP contribution in [-0.2, 0) is 4.74 Å². The molecule has 0 N–H and O–H groups in total. The van der Waals surface area contributed by atoms with Crippen LogP contribution in [0.4, 0.5) is 0 Å². The summed E-state index contributed by atoms with van der Waals surface area (Å²) in [5.41, 5.74) is 0.570. The number of pyridine rings is 1. The molecule has 0 unspecified atom stereocenters. The van der Waals surface area contributed by atoms with E-state index < -0.39 is 0 Å². The van der Waals surface area contributed by atoms with Gasteiger partial charge < -0.3 is 4.74 Å². The van der Waals surface area contributed by atoms with Gasteiger partial charge in [0.25, 0.3) is 0 Å². The lowest BCUT2D eigenvalue weighted by Crippen LogP contribution is -2.33. The summed E-state index contributed by atoms with van der Waals surface area (Å²) in [7, 11) is 0. The predicted molar refractivity (Wildman–Crippen MR) is 64.8 cm³/mol. The lowest BCUT2D eigenvalue weighted by molar-refractivity contribution is 0.0401. The summed E-state index contributed by atoms with van der Waals surface area (Å²) >= 11 is 0. The maximum absolute atomic E-state index is 11.7. The van der Waals surface area contributed by atoms with Crippen LogP contribution in [0.5, 0.6) is 0 Å². The van der Waals surface area contributed by atoms with E-state index in [0.717, 1.165) is 19.5 Å². The highest BCUT2D eigenvalue weighted by Gasteiger charge is 2.24. The summed E-state index contributed by atoms with van der Waals surface area (Å²) in [4.78, 5) is 18.0. The van der Waals surface area contributed by atoms with Crippen molar-refractivity contribution in [2.45, 2.75) is 25.8 Å². The van der Waals surface area contributed by atoms with Crippen molar-refractivity contribution in [3.05, 3.63) is 30.1 Å². The van der Waals surface area contributed by atoms with Crippen molar-refractivity contribution in [1.29, 1.82) is 0 Å². The van der Waals surface area contributed by atoms with Gasteiger partial charge >= 0.3 is 5.97 Å². The van der Waals surface area contributed by atoms with Crippen molar-refractivity contribution in [2.75, 3.05) is 19.7 Å². The molecule has 1 aliphatic heterocycles. The van der Waals surface area contributed by atoms with Gasteiger partial charge in [-0.15, -0.1) is 0 Å². The zero-order valence-electron chi connectivity index (χ0n) is 10.1. The molecule has 0 aliphatic carbocycles. The Hall–Kier alpha value is -1.42. The zero-order chi connectivity index (χ0) is 12.1. The third-order valence-corrected chi connectivity index (χ3v) is 3.23. The average molecular weight is 234 g/mol. The first-order valence-electron chi connectivity index (χ1n) is 6.12. The molecule has 1 aromatic rings. The summed E-state index contributed by atoms with van der Waals surface area (Å²) < 4.78 is 5.34. The number of rotatable bonds is 4.